The van der Waals surface area contributed by atoms with E-state index in [4.69, 9.17) is 11.6 Å². The van der Waals surface area contributed by atoms with E-state index in [1.54, 1.807) is 17.0 Å². The molecule has 1 aliphatic rings. The van der Waals surface area contributed by atoms with Crippen molar-refractivity contribution in [2.75, 3.05) is 26.2 Å². The van der Waals surface area contributed by atoms with Crippen LogP contribution < -0.4 is 0 Å². The van der Waals surface area contributed by atoms with Crippen LogP contribution >= 0.6 is 11.6 Å². The molecule has 2 aromatic carbocycles. The SMILES string of the molecule is O=C(c1ccc(Cl)cc1F)N1CCCN(Cc2ccc(F)cc2)CC1. The number of nitrogens with zero attached hydrogens (tertiary/aromatic N) is 2. The number of benzene rings is 2. The van der Waals surface area contributed by atoms with E-state index in [1.165, 1.54) is 24.3 Å². The van der Waals surface area contributed by atoms with Crippen molar-refractivity contribution in [2.24, 2.45) is 0 Å². The van der Waals surface area contributed by atoms with Gasteiger partial charge in [-0.3, -0.25) is 9.69 Å². The fraction of sp³-hybridized carbons (Fsp3) is 0.316. The number of hydrogen-bond acceptors (Lipinski definition) is 2. The number of halogens is 3. The Morgan fingerprint density at radius 3 is 2.48 bits per heavy atom. The highest BCUT2D eigenvalue weighted by Gasteiger charge is 2.22. The first kappa shape index (κ1) is 17.8. The monoisotopic (exact) mass is 364 g/mol. The van der Waals surface area contributed by atoms with Crippen LogP contribution in [0.3, 0.4) is 0 Å². The van der Waals surface area contributed by atoms with Crippen LogP contribution in [0.1, 0.15) is 22.3 Å². The highest BCUT2D eigenvalue weighted by molar-refractivity contribution is 6.30. The van der Waals surface area contributed by atoms with Crippen LogP contribution in [0.4, 0.5) is 8.78 Å². The van der Waals surface area contributed by atoms with Gasteiger partial charge in [0.25, 0.3) is 5.91 Å². The van der Waals surface area contributed by atoms with Crippen molar-refractivity contribution in [3.8, 4) is 0 Å². The molecule has 0 saturated carbocycles. The Kier molecular flexibility index (Phi) is 5.66. The normalized spacial score (nSPS) is 15.9. The molecule has 2 aromatic rings. The van der Waals surface area contributed by atoms with Crippen molar-refractivity contribution >= 4 is 17.5 Å². The van der Waals surface area contributed by atoms with Crippen molar-refractivity contribution in [3.63, 3.8) is 0 Å². The van der Waals surface area contributed by atoms with Gasteiger partial charge in [-0.05, 0) is 42.3 Å². The number of amides is 1. The quantitative estimate of drug-likeness (QED) is 0.822. The Morgan fingerprint density at radius 1 is 1.00 bits per heavy atom. The molecule has 0 spiro atoms. The zero-order chi connectivity index (χ0) is 17.8. The third-order valence-corrected chi connectivity index (χ3v) is 4.59. The lowest BCUT2D eigenvalue weighted by Gasteiger charge is -2.22. The molecule has 0 aliphatic carbocycles. The average molecular weight is 365 g/mol. The largest absolute Gasteiger partial charge is 0.337 e. The van der Waals surface area contributed by atoms with Crippen molar-refractivity contribution < 1.29 is 13.6 Å². The molecule has 1 heterocycles. The molecule has 132 valence electrons. The first-order valence-corrected chi connectivity index (χ1v) is 8.62. The summed E-state index contributed by atoms with van der Waals surface area (Å²) >= 11 is 5.74. The molecule has 1 saturated heterocycles. The summed E-state index contributed by atoms with van der Waals surface area (Å²) in [5.74, 6) is -1.15. The molecule has 1 aliphatic heterocycles. The van der Waals surface area contributed by atoms with Gasteiger partial charge in [0, 0.05) is 37.7 Å². The maximum absolute atomic E-state index is 14.0. The zero-order valence-electron chi connectivity index (χ0n) is 13.7. The van der Waals surface area contributed by atoms with Crippen LogP contribution in [0.25, 0.3) is 0 Å². The number of hydrogen-bond donors (Lipinski definition) is 0. The summed E-state index contributed by atoms with van der Waals surface area (Å²) in [5, 5.41) is 0.274. The van der Waals surface area contributed by atoms with E-state index in [0.29, 0.717) is 26.2 Å². The van der Waals surface area contributed by atoms with Gasteiger partial charge < -0.3 is 4.90 Å². The van der Waals surface area contributed by atoms with Crippen LogP contribution in [-0.2, 0) is 6.54 Å². The van der Waals surface area contributed by atoms with Gasteiger partial charge in [-0.25, -0.2) is 8.78 Å². The topological polar surface area (TPSA) is 23.6 Å². The summed E-state index contributed by atoms with van der Waals surface area (Å²) in [6, 6.07) is 10.6. The minimum atomic E-state index is -0.593. The van der Waals surface area contributed by atoms with Gasteiger partial charge >= 0.3 is 0 Å². The van der Waals surface area contributed by atoms with Gasteiger partial charge in [-0.15, -0.1) is 0 Å². The summed E-state index contributed by atoms with van der Waals surface area (Å²) < 4.78 is 27.0. The predicted octanol–water partition coefficient (Wildman–Crippen LogP) is 3.97. The van der Waals surface area contributed by atoms with E-state index < -0.39 is 5.82 Å². The molecule has 1 fully saturated rings. The highest BCUT2D eigenvalue weighted by atomic mass is 35.5. The predicted molar refractivity (Wildman–Crippen MR) is 93.6 cm³/mol. The van der Waals surface area contributed by atoms with Gasteiger partial charge in [-0.1, -0.05) is 23.7 Å². The van der Waals surface area contributed by atoms with Gasteiger partial charge in [-0.2, -0.15) is 0 Å². The molecule has 0 unspecified atom stereocenters. The standard InChI is InChI=1S/C19H19ClF2N2O/c20-15-4-7-17(18(22)12-15)19(25)24-9-1-8-23(10-11-24)13-14-2-5-16(21)6-3-14/h2-7,12H,1,8-11,13H2. The van der Waals surface area contributed by atoms with E-state index in [-0.39, 0.29) is 22.3 Å². The molecule has 0 radical (unpaired) electrons. The molecule has 6 heteroatoms. The maximum Gasteiger partial charge on any atom is 0.256 e. The molecule has 3 rings (SSSR count). The average Bonchev–Trinajstić information content (AvgIpc) is 2.82. The minimum Gasteiger partial charge on any atom is -0.337 e. The zero-order valence-corrected chi connectivity index (χ0v) is 14.5. The van der Waals surface area contributed by atoms with Gasteiger partial charge in [0.15, 0.2) is 0 Å². The molecule has 0 atom stereocenters. The Hall–Kier alpha value is -1.98. The molecule has 3 nitrogen and oxygen atoms in total. The first-order chi connectivity index (χ1) is 12.0. The second kappa shape index (κ2) is 7.93. The third-order valence-electron chi connectivity index (χ3n) is 4.36. The second-order valence-electron chi connectivity index (χ2n) is 6.17. The molecular formula is C19H19ClF2N2O. The summed E-state index contributed by atoms with van der Waals surface area (Å²) in [5.41, 5.74) is 1.08. The summed E-state index contributed by atoms with van der Waals surface area (Å²) in [7, 11) is 0. The Morgan fingerprint density at radius 2 is 1.76 bits per heavy atom. The van der Waals surface area contributed by atoms with Crippen LogP contribution in [0.2, 0.25) is 5.02 Å². The first-order valence-electron chi connectivity index (χ1n) is 8.24. The summed E-state index contributed by atoms with van der Waals surface area (Å²) in [6.45, 7) is 3.35. The van der Waals surface area contributed by atoms with Crippen LogP contribution in [0.15, 0.2) is 42.5 Å². The molecule has 0 N–H and O–H groups in total. The fourth-order valence-electron chi connectivity index (χ4n) is 3.01. The smallest absolute Gasteiger partial charge is 0.256 e. The molecule has 1 amide bonds. The molecule has 0 aromatic heterocycles. The van der Waals surface area contributed by atoms with Crippen molar-refractivity contribution in [2.45, 2.75) is 13.0 Å². The lowest BCUT2D eigenvalue weighted by atomic mass is 10.2. The van der Waals surface area contributed by atoms with E-state index in [0.717, 1.165) is 24.6 Å². The molecule has 25 heavy (non-hydrogen) atoms. The van der Waals surface area contributed by atoms with Crippen LogP contribution in [-0.4, -0.2) is 41.9 Å². The molecular weight excluding hydrogens is 346 g/mol. The lowest BCUT2D eigenvalue weighted by Crippen LogP contribution is -2.35. The second-order valence-corrected chi connectivity index (χ2v) is 6.61. The fourth-order valence-corrected chi connectivity index (χ4v) is 3.17. The van der Waals surface area contributed by atoms with Gasteiger partial charge in [0.1, 0.15) is 11.6 Å². The Bertz CT molecular complexity index is 752. The summed E-state index contributed by atoms with van der Waals surface area (Å²) in [6.07, 6.45) is 0.808. The maximum atomic E-state index is 14.0. The van der Waals surface area contributed by atoms with E-state index >= 15 is 0 Å². The van der Waals surface area contributed by atoms with Gasteiger partial charge in [0.05, 0.1) is 5.56 Å². The number of rotatable bonds is 3. The molecule has 0 bridgehead atoms. The van der Waals surface area contributed by atoms with E-state index in [1.807, 2.05) is 0 Å². The third kappa shape index (κ3) is 4.55. The van der Waals surface area contributed by atoms with Crippen molar-refractivity contribution in [1.29, 1.82) is 0 Å². The Balaban J connectivity index is 1.62. The summed E-state index contributed by atoms with van der Waals surface area (Å²) in [4.78, 5) is 16.5. The van der Waals surface area contributed by atoms with E-state index in [2.05, 4.69) is 4.90 Å². The lowest BCUT2D eigenvalue weighted by molar-refractivity contribution is 0.0756. The van der Waals surface area contributed by atoms with Crippen LogP contribution in [0.5, 0.6) is 0 Å². The van der Waals surface area contributed by atoms with E-state index in [9.17, 15) is 13.6 Å². The van der Waals surface area contributed by atoms with Crippen molar-refractivity contribution in [3.05, 3.63) is 70.2 Å². The minimum absolute atomic E-state index is 0.0522. The van der Waals surface area contributed by atoms with Crippen molar-refractivity contribution in [1.82, 2.24) is 9.80 Å². The Labute approximate surface area is 150 Å². The number of carbonyl (C=O) groups excluding carboxylic acids is 1. The number of carbonyl (C=O) groups is 1. The van der Waals surface area contributed by atoms with Crippen LogP contribution in [0, 0.1) is 11.6 Å². The highest BCUT2D eigenvalue weighted by Crippen LogP contribution is 2.18. The van der Waals surface area contributed by atoms with Gasteiger partial charge in [0.2, 0.25) is 0 Å².